The quantitative estimate of drug-likeness (QED) is 0.778. The van der Waals surface area contributed by atoms with Crippen LogP contribution in [-0.2, 0) is 22.9 Å². The number of para-hydroxylation sites is 1. The van der Waals surface area contributed by atoms with Crippen LogP contribution in [-0.4, -0.2) is 28.5 Å². The number of amides is 1. The summed E-state index contributed by atoms with van der Waals surface area (Å²) in [6.45, 7) is 3.95. The molecule has 0 fully saturated rings. The number of carbonyl (C=O) groups excluding carboxylic acids is 1. The van der Waals surface area contributed by atoms with Crippen LogP contribution in [0.3, 0.4) is 0 Å². The van der Waals surface area contributed by atoms with Gasteiger partial charge in [0, 0.05) is 7.05 Å². The molecular weight excluding hydrogens is 352 g/mol. The lowest BCUT2D eigenvalue weighted by Gasteiger charge is -2.16. The third-order valence-electron chi connectivity index (χ3n) is 4.19. The number of ether oxygens (including phenoxy) is 1. The van der Waals surface area contributed by atoms with Gasteiger partial charge in [-0.25, -0.2) is 8.42 Å². The predicted molar refractivity (Wildman–Crippen MR) is 102 cm³/mol. The summed E-state index contributed by atoms with van der Waals surface area (Å²) in [5, 5.41) is 2.49. The first-order valence-corrected chi connectivity index (χ1v) is 9.89. The Balaban J connectivity index is 2.51. The second-order valence-electron chi connectivity index (χ2n) is 5.71. The number of aryl methyl sites for hydroxylation is 2. The van der Waals surface area contributed by atoms with E-state index >= 15 is 0 Å². The van der Waals surface area contributed by atoms with Gasteiger partial charge in [-0.3, -0.25) is 9.52 Å². The van der Waals surface area contributed by atoms with Gasteiger partial charge in [0.2, 0.25) is 0 Å². The molecule has 0 saturated carbocycles. The minimum Gasteiger partial charge on any atom is -0.496 e. The molecule has 0 aromatic heterocycles. The van der Waals surface area contributed by atoms with Gasteiger partial charge in [0.1, 0.15) is 5.75 Å². The van der Waals surface area contributed by atoms with Crippen molar-refractivity contribution in [2.24, 2.45) is 0 Å². The first kappa shape index (κ1) is 19.8. The summed E-state index contributed by atoms with van der Waals surface area (Å²) in [6.07, 6.45) is 1.41. The zero-order chi connectivity index (χ0) is 19.3. The topological polar surface area (TPSA) is 84.5 Å². The van der Waals surface area contributed by atoms with Crippen molar-refractivity contribution in [3.8, 4) is 5.75 Å². The third kappa shape index (κ3) is 3.99. The molecule has 1 amide bonds. The van der Waals surface area contributed by atoms with Crippen molar-refractivity contribution in [2.45, 2.75) is 31.6 Å². The van der Waals surface area contributed by atoms with Crippen LogP contribution in [0.2, 0.25) is 0 Å². The lowest BCUT2D eigenvalue weighted by molar-refractivity contribution is 0.0960. The molecule has 0 spiro atoms. The SMILES string of the molecule is CCc1cccc(CC)c1NS(=O)(=O)c1ccc(OC)c(C(=O)NC)c1. The number of anilines is 1. The van der Waals surface area contributed by atoms with Crippen LogP contribution in [0.4, 0.5) is 5.69 Å². The molecule has 6 nitrogen and oxygen atoms in total. The summed E-state index contributed by atoms with van der Waals surface area (Å²) in [5.41, 5.74) is 2.62. The van der Waals surface area contributed by atoms with E-state index in [4.69, 9.17) is 4.74 Å². The molecule has 2 aromatic carbocycles. The van der Waals surface area contributed by atoms with Crippen LogP contribution in [0.5, 0.6) is 5.75 Å². The van der Waals surface area contributed by atoms with Gasteiger partial charge >= 0.3 is 0 Å². The van der Waals surface area contributed by atoms with Gasteiger partial charge in [-0.15, -0.1) is 0 Å². The maximum Gasteiger partial charge on any atom is 0.261 e. The highest BCUT2D eigenvalue weighted by Gasteiger charge is 2.21. The zero-order valence-corrected chi connectivity index (χ0v) is 16.2. The fraction of sp³-hybridized carbons (Fsp3) is 0.316. The van der Waals surface area contributed by atoms with Crippen molar-refractivity contribution in [3.63, 3.8) is 0 Å². The van der Waals surface area contributed by atoms with Gasteiger partial charge in [-0.05, 0) is 42.2 Å². The van der Waals surface area contributed by atoms with E-state index in [0.717, 1.165) is 11.1 Å². The highest BCUT2D eigenvalue weighted by atomic mass is 32.2. The van der Waals surface area contributed by atoms with Gasteiger partial charge in [-0.2, -0.15) is 0 Å². The van der Waals surface area contributed by atoms with E-state index in [1.807, 2.05) is 32.0 Å². The Hall–Kier alpha value is -2.54. The molecule has 140 valence electrons. The molecule has 0 atom stereocenters. The van der Waals surface area contributed by atoms with Crippen molar-refractivity contribution in [1.82, 2.24) is 5.32 Å². The second-order valence-corrected chi connectivity index (χ2v) is 7.39. The normalized spacial score (nSPS) is 11.1. The van der Waals surface area contributed by atoms with Crippen LogP contribution < -0.4 is 14.8 Å². The first-order chi connectivity index (χ1) is 12.4. The molecule has 2 N–H and O–H groups in total. The molecule has 0 aliphatic rings. The summed E-state index contributed by atoms with van der Waals surface area (Å²) < 4.78 is 33.7. The molecule has 2 rings (SSSR count). The number of hydrogen-bond acceptors (Lipinski definition) is 4. The van der Waals surface area contributed by atoms with Gasteiger partial charge in [0.25, 0.3) is 15.9 Å². The highest BCUT2D eigenvalue weighted by Crippen LogP contribution is 2.28. The zero-order valence-electron chi connectivity index (χ0n) is 15.4. The highest BCUT2D eigenvalue weighted by molar-refractivity contribution is 7.92. The van der Waals surface area contributed by atoms with E-state index in [1.54, 1.807) is 0 Å². The molecule has 26 heavy (non-hydrogen) atoms. The Bertz CT molecular complexity index is 886. The number of nitrogens with one attached hydrogen (secondary N) is 2. The summed E-state index contributed by atoms with van der Waals surface area (Å²) in [6, 6.07) is 9.95. The summed E-state index contributed by atoms with van der Waals surface area (Å²) >= 11 is 0. The Kier molecular flexibility index (Phi) is 6.26. The van der Waals surface area contributed by atoms with Crippen molar-refractivity contribution in [3.05, 3.63) is 53.1 Å². The molecule has 0 aliphatic heterocycles. The fourth-order valence-corrected chi connectivity index (χ4v) is 3.90. The van der Waals surface area contributed by atoms with Crippen LogP contribution in [0, 0.1) is 0 Å². The van der Waals surface area contributed by atoms with E-state index in [9.17, 15) is 13.2 Å². The maximum atomic E-state index is 12.9. The van der Waals surface area contributed by atoms with E-state index in [-0.39, 0.29) is 10.5 Å². The maximum absolute atomic E-state index is 12.9. The van der Waals surface area contributed by atoms with E-state index < -0.39 is 15.9 Å². The van der Waals surface area contributed by atoms with Gasteiger partial charge in [0.15, 0.2) is 0 Å². The van der Waals surface area contributed by atoms with Crippen LogP contribution >= 0.6 is 0 Å². The fourth-order valence-electron chi connectivity index (χ4n) is 2.73. The Morgan fingerprint density at radius 1 is 1.08 bits per heavy atom. The third-order valence-corrected chi connectivity index (χ3v) is 5.54. The number of rotatable bonds is 7. The van der Waals surface area contributed by atoms with Crippen molar-refractivity contribution >= 4 is 21.6 Å². The molecule has 0 bridgehead atoms. The first-order valence-electron chi connectivity index (χ1n) is 8.41. The number of benzene rings is 2. The number of hydrogen-bond donors (Lipinski definition) is 2. The van der Waals surface area contributed by atoms with Crippen LogP contribution in [0.1, 0.15) is 35.3 Å². The minimum atomic E-state index is -3.85. The monoisotopic (exact) mass is 376 g/mol. The number of sulfonamides is 1. The van der Waals surface area contributed by atoms with Crippen molar-refractivity contribution < 1.29 is 17.9 Å². The summed E-state index contributed by atoms with van der Waals surface area (Å²) in [5.74, 6) is -0.103. The second kappa shape index (κ2) is 8.23. The standard InChI is InChI=1S/C19H24N2O4S/c1-5-13-8-7-9-14(6-2)18(13)21-26(23,24)15-10-11-17(25-4)16(12-15)19(22)20-3/h7-12,21H,5-6H2,1-4H3,(H,20,22). The largest absolute Gasteiger partial charge is 0.496 e. The molecule has 2 aromatic rings. The van der Waals surface area contributed by atoms with Gasteiger partial charge in [-0.1, -0.05) is 32.0 Å². The van der Waals surface area contributed by atoms with Gasteiger partial charge in [0.05, 0.1) is 23.3 Å². The average Bonchev–Trinajstić information content (AvgIpc) is 2.66. The molecule has 0 radical (unpaired) electrons. The number of methoxy groups -OCH3 is 1. The molecule has 0 aliphatic carbocycles. The summed E-state index contributed by atoms with van der Waals surface area (Å²) in [4.78, 5) is 12.0. The predicted octanol–water partition coefficient (Wildman–Crippen LogP) is 2.98. The number of carbonyl (C=O) groups is 1. The smallest absolute Gasteiger partial charge is 0.261 e. The molecule has 0 heterocycles. The molecule has 0 unspecified atom stereocenters. The van der Waals surface area contributed by atoms with Crippen molar-refractivity contribution in [2.75, 3.05) is 18.9 Å². The van der Waals surface area contributed by atoms with E-state index in [2.05, 4.69) is 10.0 Å². The molecule has 7 heteroatoms. The lowest BCUT2D eigenvalue weighted by Crippen LogP contribution is -2.20. The van der Waals surface area contributed by atoms with Crippen LogP contribution in [0.25, 0.3) is 0 Å². The molecular formula is C19H24N2O4S. The average molecular weight is 376 g/mol. The lowest BCUT2D eigenvalue weighted by atomic mass is 10.0. The Morgan fingerprint density at radius 2 is 1.69 bits per heavy atom. The molecule has 0 saturated heterocycles. The van der Waals surface area contributed by atoms with E-state index in [1.165, 1.54) is 32.4 Å². The van der Waals surface area contributed by atoms with Crippen LogP contribution in [0.15, 0.2) is 41.3 Å². The van der Waals surface area contributed by atoms with E-state index in [0.29, 0.717) is 24.3 Å². The Morgan fingerprint density at radius 3 is 2.19 bits per heavy atom. The summed E-state index contributed by atoms with van der Waals surface area (Å²) in [7, 11) is -0.945. The van der Waals surface area contributed by atoms with Crippen molar-refractivity contribution in [1.29, 1.82) is 0 Å². The van der Waals surface area contributed by atoms with Gasteiger partial charge < -0.3 is 10.1 Å². The minimum absolute atomic E-state index is 0.00450. The Labute approximate surface area is 154 Å².